The van der Waals surface area contributed by atoms with Gasteiger partial charge in [-0.3, -0.25) is 4.98 Å². The second kappa shape index (κ2) is 5.70. The van der Waals surface area contributed by atoms with Crippen LogP contribution < -0.4 is 10.6 Å². The molecule has 0 spiro atoms. The fourth-order valence-electron chi connectivity index (χ4n) is 1.48. The third kappa shape index (κ3) is 3.70. The second-order valence-corrected chi connectivity index (χ2v) is 4.16. The molecule has 0 bridgehead atoms. The molecular weight excluding hydrogens is 202 g/mol. The van der Waals surface area contributed by atoms with Gasteiger partial charge in [0.1, 0.15) is 0 Å². The topological polar surface area (TPSA) is 46.2 Å². The fourth-order valence-corrected chi connectivity index (χ4v) is 1.48. The first kappa shape index (κ1) is 11.2. The van der Waals surface area contributed by atoms with Crippen LogP contribution in [0, 0.1) is 5.92 Å². The van der Waals surface area contributed by atoms with E-state index in [1.165, 1.54) is 12.8 Å². The van der Waals surface area contributed by atoms with E-state index in [4.69, 9.17) is 4.74 Å². The average molecular weight is 221 g/mol. The highest BCUT2D eigenvalue weighted by Crippen LogP contribution is 2.28. The van der Waals surface area contributed by atoms with Crippen molar-refractivity contribution < 1.29 is 4.74 Å². The van der Waals surface area contributed by atoms with Crippen LogP contribution >= 0.6 is 0 Å². The van der Waals surface area contributed by atoms with Crippen molar-refractivity contribution in [1.82, 2.24) is 4.98 Å². The molecule has 0 aromatic carbocycles. The van der Waals surface area contributed by atoms with E-state index in [0.717, 1.165) is 37.1 Å². The Morgan fingerprint density at radius 1 is 1.38 bits per heavy atom. The van der Waals surface area contributed by atoms with E-state index in [0.29, 0.717) is 0 Å². The minimum absolute atomic E-state index is 0.764. The van der Waals surface area contributed by atoms with Crippen LogP contribution in [0.3, 0.4) is 0 Å². The summed E-state index contributed by atoms with van der Waals surface area (Å²) >= 11 is 0. The molecule has 2 N–H and O–H groups in total. The van der Waals surface area contributed by atoms with Crippen LogP contribution in [0.5, 0.6) is 0 Å². The molecule has 0 aliphatic heterocycles. The van der Waals surface area contributed by atoms with E-state index in [1.807, 2.05) is 19.3 Å². The number of nitrogens with zero attached hydrogens (tertiary/aromatic N) is 1. The Morgan fingerprint density at radius 2 is 2.19 bits per heavy atom. The summed E-state index contributed by atoms with van der Waals surface area (Å²) in [5.74, 6) is 0.842. The second-order valence-electron chi connectivity index (χ2n) is 4.16. The highest BCUT2D eigenvalue weighted by molar-refractivity contribution is 5.53. The predicted octanol–water partition coefficient (Wildman–Crippen LogP) is 1.96. The first-order chi connectivity index (χ1) is 7.88. The lowest BCUT2D eigenvalue weighted by Gasteiger charge is -2.08. The third-order valence-corrected chi connectivity index (χ3v) is 2.65. The maximum Gasteiger partial charge on any atom is 0.0639 e. The van der Waals surface area contributed by atoms with Gasteiger partial charge < -0.3 is 15.4 Å². The first-order valence-electron chi connectivity index (χ1n) is 5.83. The molecule has 1 fully saturated rings. The molecule has 1 aliphatic rings. The van der Waals surface area contributed by atoms with Crippen molar-refractivity contribution in [2.45, 2.75) is 12.8 Å². The summed E-state index contributed by atoms with van der Waals surface area (Å²) < 4.78 is 5.54. The number of ether oxygens (including phenoxy) is 1. The van der Waals surface area contributed by atoms with Crippen LogP contribution in [0.4, 0.5) is 11.4 Å². The smallest absolute Gasteiger partial charge is 0.0639 e. The van der Waals surface area contributed by atoms with Gasteiger partial charge in [0.05, 0.1) is 30.4 Å². The number of aromatic nitrogens is 1. The summed E-state index contributed by atoms with van der Waals surface area (Å²) in [5.41, 5.74) is 2.05. The number of hydrogen-bond acceptors (Lipinski definition) is 4. The number of hydrogen-bond donors (Lipinski definition) is 2. The molecule has 0 saturated heterocycles. The van der Waals surface area contributed by atoms with Gasteiger partial charge in [0.2, 0.25) is 0 Å². The summed E-state index contributed by atoms with van der Waals surface area (Å²) in [6.45, 7) is 2.53. The normalized spacial score (nSPS) is 14.8. The minimum atomic E-state index is 0.764. The Kier molecular flexibility index (Phi) is 3.99. The maximum atomic E-state index is 5.54. The highest BCUT2D eigenvalue weighted by Gasteiger charge is 2.20. The van der Waals surface area contributed by atoms with Gasteiger partial charge in [0, 0.05) is 20.2 Å². The molecule has 4 nitrogen and oxygen atoms in total. The van der Waals surface area contributed by atoms with Crippen molar-refractivity contribution in [3.05, 3.63) is 18.5 Å². The average Bonchev–Trinajstić information content (AvgIpc) is 3.13. The van der Waals surface area contributed by atoms with Crippen LogP contribution in [0.15, 0.2) is 18.5 Å². The zero-order valence-electron chi connectivity index (χ0n) is 9.70. The van der Waals surface area contributed by atoms with E-state index in [-0.39, 0.29) is 0 Å². The Labute approximate surface area is 96.4 Å². The van der Waals surface area contributed by atoms with E-state index in [1.54, 1.807) is 6.20 Å². The molecule has 1 aromatic rings. The van der Waals surface area contributed by atoms with Gasteiger partial charge >= 0.3 is 0 Å². The van der Waals surface area contributed by atoms with E-state index < -0.39 is 0 Å². The number of nitrogens with one attached hydrogen (secondary N) is 2. The molecule has 0 unspecified atom stereocenters. The largest absolute Gasteiger partial charge is 0.387 e. The summed E-state index contributed by atoms with van der Waals surface area (Å²) in [7, 11) is 1.89. The van der Waals surface area contributed by atoms with Crippen LogP contribution in [-0.2, 0) is 4.74 Å². The first-order valence-corrected chi connectivity index (χ1v) is 5.83. The molecule has 1 aromatic heterocycles. The van der Waals surface area contributed by atoms with Crippen LogP contribution in [0.2, 0.25) is 0 Å². The SMILES string of the molecule is CNc1cncc(NCCOCC2CC2)c1. The van der Waals surface area contributed by atoms with E-state index >= 15 is 0 Å². The third-order valence-electron chi connectivity index (χ3n) is 2.65. The highest BCUT2D eigenvalue weighted by atomic mass is 16.5. The molecule has 0 atom stereocenters. The number of anilines is 2. The van der Waals surface area contributed by atoms with Gasteiger partial charge in [0.15, 0.2) is 0 Å². The monoisotopic (exact) mass is 221 g/mol. The summed E-state index contributed by atoms with van der Waals surface area (Å²) in [6.07, 6.45) is 6.32. The lowest BCUT2D eigenvalue weighted by molar-refractivity contribution is 0.134. The van der Waals surface area contributed by atoms with Gasteiger partial charge in [0.25, 0.3) is 0 Å². The molecule has 1 heterocycles. The lowest BCUT2D eigenvalue weighted by Crippen LogP contribution is -2.10. The van der Waals surface area contributed by atoms with Gasteiger partial charge in [-0.2, -0.15) is 0 Å². The van der Waals surface area contributed by atoms with Gasteiger partial charge in [-0.15, -0.1) is 0 Å². The van der Waals surface area contributed by atoms with Crippen molar-refractivity contribution in [3.63, 3.8) is 0 Å². The van der Waals surface area contributed by atoms with Crippen molar-refractivity contribution in [2.75, 3.05) is 37.4 Å². The Hall–Kier alpha value is -1.29. The quantitative estimate of drug-likeness (QED) is 0.691. The Bertz CT molecular complexity index is 326. The van der Waals surface area contributed by atoms with Gasteiger partial charge in [-0.1, -0.05) is 0 Å². The Morgan fingerprint density at radius 3 is 2.94 bits per heavy atom. The molecule has 2 rings (SSSR count). The van der Waals surface area contributed by atoms with Gasteiger partial charge in [-0.25, -0.2) is 0 Å². The predicted molar refractivity (Wildman–Crippen MR) is 65.8 cm³/mol. The molecule has 4 heteroatoms. The van der Waals surface area contributed by atoms with Crippen molar-refractivity contribution >= 4 is 11.4 Å². The summed E-state index contributed by atoms with van der Waals surface area (Å²) in [4.78, 5) is 4.13. The van der Waals surface area contributed by atoms with Crippen LogP contribution in [0.1, 0.15) is 12.8 Å². The fraction of sp³-hybridized carbons (Fsp3) is 0.583. The van der Waals surface area contributed by atoms with Crippen LogP contribution in [0.25, 0.3) is 0 Å². The minimum Gasteiger partial charge on any atom is -0.387 e. The lowest BCUT2D eigenvalue weighted by atomic mass is 10.3. The number of rotatable bonds is 7. The van der Waals surface area contributed by atoms with E-state index in [9.17, 15) is 0 Å². The van der Waals surface area contributed by atoms with Crippen molar-refractivity contribution in [1.29, 1.82) is 0 Å². The Balaban J connectivity index is 1.63. The number of pyridine rings is 1. The molecule has 0 amide bonds. The van der Waals surface area contributed by atoms with Crippen molar-refractivity contribution in [3.8, 4) is 0 Å². The molecule has 0 radical (unpaired) electrons. The summed E-state index contributed by atoms with van der Waals surface area (Å²) in [5, 5.41) is 6.34. The maximum absolute atomic E-state index is 5.54. The zero-order valence-corrected chi connectivity index (χ0v) is 9.70. The standard InChI is InChI=1S/C12H19N3O/c1-13-11-6-12(8-14-7-11)15-4-5-16-9-10-2-3-10/h6-8,10,13,15H,2-5,9H2,1H3. The van der Waals surface area contributed by atoms with Crippen LogP contribution in [-0.4, -0.2) is 31.8 Å². The zero-order chi connectivity index (χ0) is 11.2. The summed E-state index contributed by atoms with van der Waals surface area (Å²) in [6, 6.07) is 2.04. The molecule has 88 valence electrons. The molecule has 1 aliphatic carbocycles. The molecular formula is C12H19N3O. The van der Waals surface area contributed by atoms with Gasteiger partial charge in [-0.05, 0) is 24.8 Å². The van der Waals surface area contributed by atoms with Crippen molar-refractivity contribution in [2.24, 2.45) is 5.92 Å². The molecule has 16 heavy (non-hydrogen) atoms. The van der Waals surface area contributed by atoms with E-state index in [2.05, 4.69) is 15.6 Å². The molecule has 1 saturated carbocycles.